The average Bonchev–Trinajstić information content (AvgIpc) is 2.91. The number of rotatable bonds is 8. The molecule has 4 nitrogen and oxygen atoms in total. The molecule has 0 saturated carbocycles. The SMILES string of the molecule is CC(C)NCc1ccoc1CN(C)CCc1ccncc1. The fraction of sp³-hybridized carbons (Fsp3) is 0.471. The van der Waals surface area contributed by atoms with Crippen LogP contribution < -0.4 is 5.32 Å². The van der Waals surface area contributed by atoms with Gasteiger partial charge >= 0.3 is 0 Å². The molecule has 0 bridgehead atoms. The van der Waals surface area contributed by atoms with Gasteiger partial charge in [0.2, 0.25) is 0 Å². The van der Waals surface area contributed by atoms with Gasteiger partial charge in [0.25, 0.3) is 0 Å². The predicted octanol–water partition coefficient (Wildman–Crippen LogP) is 2.85. The number of nitrogens with one attached hydrogen (secondary N) is 1. The molecule has 0 unspecified atom stereocenters. The van der Waals surface area contributed by atoms with Crippen LogP contribution in [0, 0.1) is 0 Å². The minimum atomic E-state index is 0.483. The monoisotopic (exact) mass is 287 g/mol. The first-order valence-electron chi connectivity index (χ1n) is 7.51. The second-order valence-electron chi connectivity index (χ2n) is 5.75. The first-order valence-corrected chi connectivity index (χ1v) is 7.51. The highest BCUT2D eigenvalue weighted by atomic mass is 16.3. The number of hydrogen-bond acceptors (Lipinski definition) is 4. The van der Waals surface area contributed by atoms with E-state index in [2.05, 4.69) is 54.3 Å². The Labute approximate surface area is 127 Å². The summed E-state index contributed by atoms with van der Waals surface area (Å²) >= 11 is 0. The van der Waals surface area contributed by atoms with Gasteiger partial charge in [-0.15, -0.1) is 0 Å². The quantitative estimate of drug-likeness (QED) is 0.810. The van der Waals surface area contributed by atoms with Crippen LogP contribution in [-0.4, -0.2) is 29.5 Å². The Morgan fingerprint density at radius 1 is 1.24 bits per heavy atom. The number of hydrogen-bond donors (Lipinski definition) is 1. The molecule has 4 heteroatoms. The summed E-state index contributed by atoms with van der Waals surface area (Å²) in [6.45, 7) is 7.01. The van der Waals surface area contributed by atoms with E-state index in [1.54, 1.807) is 6.26 Å². The lowest BCUT2D eigenvalue weighted by Crippen LogP contribution is -2.24. The smallest absolute Gasteiger partial charge is 0.122 e. The molecule has 0 radical (unpaired) electrons. The summed E-state index contributed by atoms with van der Waals surface area (Å²) in [6.07, 6.45) is 6.50. The van der Waals surface area contributed by atoms with E-state index in [1.165, 1.54) is 11.1 Å². The molecule has 0 atom stereocenters. The summed E-state index contributed by atoms with van der Waals surface area (Å²) in [5, 5.41) is 3.43. The predicted molar refractivity (Wildman–Crippen MR) is 85.0 cm³/mol. The second kappa shape index (κ2) is 7.96. The fourth-order valence-corrected chi connectivity index (χ4v) is 2.17. The summed E-state index contributed by atoms with van der Waals surface area (Å²) in [5.41, 5.74) is 2.57. The molecule has 0 fully saturated rings. The van der Waals surface area contributed by atoms with E-state index >= 15 is 0 Å². The maximum Gasteiger partial charge on any atom is 0.122 e. The fourth-order valence-electron chi connectivity index (χ4n) is 2.17. The highest BCUT2D eigenvalue weighted by Gasteiger charge is 2.09. The summed E-state index contributed by atoms with van der Waals surface area (Å²) in [5.74, 6) is 1.06. The number of aromatic nitrogens is 1. The van der Waals surface area contributed by atoms with Crippen molar-refractivity contribution in [1.29, 1.82) is 0 Å². The van der Waals surface area contributed by atoms with Crippen LogP contribution in [0.3, 0.4) is 0 Å². The molecule has 21 heavy (non-hydrogen) atoms. The highest BCUT2D eigenvalue weighted by molar-refractivity contribution is 5.17. The van der Waals surface area contributed by atoms with Crippen molar-refractivity contribution in [2.75, 3.05) is 13.6 Å². The Kier molecular flexibility index (Phi) is 5.96. The minimum Gasteiger partial charge on any atom is -0.468 e. The highest BCUT2D eigenvalue weighted by Crippen LogP contribution is 2.13. The molecule has 0 aromatic carbocycles. The lowest BCUT2D eigenvalue weighted by Gasteiger charge is -2.16. The molecular weight excluding hydrogens is 262 g/mol. The van der Waals surface area contributed by atoms with Crippen molar-refractivity contribution >= 4 is 0 Å². The van der Waals surface area contributed by atoms with Gasteiger partial charge in [0.05, 0.1) is 12.8 Å². The van der Waals surface area contributed by atoms with E-state index in [1.807, 2.05) is 12.4 Å². The maximum atomic E-state index is 5.63. The third kappa shape index (κ3) is 5.33. The van der Waals surface area contributed by atoms with Gasteiger partial charge < -0.3 is 9.73 Å². The standard InChI is InChI=1S/C17H25N3O/c1-14(2)19-12-16-7-11-21-17(16)13-20(3)10-6-15-4-8-18-9-5-15/h4-5,7-9,11,14,19H,6,10,12-13H2,1-3H3. The summed E-state index contributed by atoms with van der Waals surface area (Å²) < 4.78 is 5.63. The van der Waals surface area contributed by atoms with Crippen molar-refractivity contribution in [2.24, 2.45) is 0 Å². The van der Waals surface area contributed by atoms with Crippen LogP contribution in [0.25, 0.3) is 0 Å². The summed E-state index contributed by atoms with van der Waals surface area (Å²) in [4.78, 5) is 6.33. The zero-order valence-electron chi connectivity index (χ0n) is 13.2. The van der Waals surface area contributed by atoms with Gasteiger partial charge in [-0.25, -0.2) is 0 Å². The van der Waals surface area contributed by atoms with Crippen molar-refractivity contribution in [3.05, 3.63) is 53.7 Å². The van der Waals surface area contributed by atoms with E-state index in [0.29, 0.717) is 6.04 Å². The Balaban J connectivity index is 1.82. The number of nitrogens with zero attached hydrogens (tertiary/aromatic N) is 2. The van der Waals surface area contributed by atoms with Crippen molar-refractivity contribution in [3.8, 4) is 0 Å². The number of furan rings is 1. The Morgan fingerprint density at radius 2 is 2.00 bits per heavy atom. The third-order valence-electron chi connectivity index (χ3n) is 3.48. The average molecular weight is 287 g/mol. The van der Waals surface area contributed by atoms with Crippen molar-refractivity contribution in [1.82, 2.24) is 15.2 Å². The van der Waals surface area contributed by atoms with E-state index in [0.717, 1.165) is 31.8 Å². The van der Waals surface area contributed by atoms with Crippen molar-refractivity contribution in [2.45, 2.75) is 39.4 Å². The maximum absolute atomic E-state index is 5.63. The Morgan fingerprint density at radius 3 is 2.71 bits per heavy atom. The lowest BCUT2D eigenvalue weighted by molar-refractivity contribution is 0.296. The molecule has 2 aromatic rings. The van der Waals surface area contributed by atoms with Gasteiger partial charge in [0.1, 0.15) is 5.76 Å². The molecule has 0 saturated heterocycles. The van der Waals surface area contributed by atoms with Gasteiger partial charge in [-0.2, -0.15) is 0 Å². The van der Waals surface area contributed by atoms with Crippen molar-refractivity contribution in [3.63, 3.8) is 0 Å². The molecular formula is C17H25N3O. The van der Waals surface area contributed by atoms with Crippen molar-refractivity contribution < 1.29 is 4.42 Å². The van der Waals surface area contributed by atoms with Crippen LogP contribution in [0.1, 0.15) is 30.7 Å². The summed E-state index contributed by atoms with van der Waals surface area (Å²) in [7, 11) is 2.13. The molecule has 0 spiro atoms. The van der Waals surface area contributed by atoms with Crippen LogP contribution in [0.2, 0.25) is 0 Å². The molecule has 0 amide bonds. The van der Waals surface area contributed by atoms with Crippen LogP contribution in [0.4, 0.5) is 0 Å². The van der Waals surface area contributed by atoms with Gasteiger partial charge in [-0.3, -0.25) is 9.88 Å². The zero-order chi connectivity index (χ0) is 15.1. The van der Waals surface area contributed by atoms with Crippen LogP contribution in [0.15, 0.2) is 41.3 Å². The largest absolute Gasteiger partial charge is 0.468 e. The molecule has 114 valence electrons. The topological polar surface area (TPSA) is 41.3 Å². The lowest BCUT2D eigenvalue weighted by atomic mass is 10.2. The van der Waals surface area contributed by atoms with E-state index in [9.17, 15) is 0 Å². The van der Waals surface area contributed by atoms with Crippen LogP contribution in [-0.2, 0) is 19.5 Å². The first kappa shape index (κ1) is 15.7. The van der Waals surface area contributed by atoms with E-state index in [-0.39, 0.29) is 0 Å². The first-order chi connectivity index (χ1) is 10.1. The van der Waals surface area contributed by atoms with Gasteiger partial charge in [0.15, 0.2) is 0 Å². The van der Waals surface area contributed by atoms with Crippen LogP contribution >= 0.6 is 0 Å². The molecule has 2 aromatic heterocycles. The number of pyridine rings is 1. The Bertz CT molecular complexity index is 522. The third-order valence-corrected chi connectivity index (χ3v) is 3.48. The second-order valence-corrected chi connectivity index (χ2v) is 5.75. The van der Waals surface area contributed by atoms with E-state index < -0.39 is 0 Å². The molecule has 0 aliphatic rings. The summed E-state index contributed by atoms with van der Waals surface area (Å²) in [6, 6.07) is 6.68. The van der Waals surface area contributed by atoms with Gasteiger partial charge in [-0.1, -0.05) is 13.8 Å². The Hall–Kier alpha value is -1.65. The van der Waals surface area contributed by atoms with Crippen LogP contribution in [0.5, 0.6) is 0 Å². The zero-order valence-corrected chi connectivity index (χ0v) is 13.2. The molecule has 0 aliphatic carbocycles. The normalized spacial score (nSPS) is 11.5. The van der Waals surface area contributed by atoms with Gasteiger partial charge in [-0.05, 0) is 37.2 Å². The van der Waals surface area contributed by atoms with E-state index in [4.69, 9.17) is 4.42 Å². The minimum absolute atomic E-state index is 0.483. The molecule has 0 aliphatic heterocycles. The molecule has 2 rings (SSSR count). The molecule has 1 N–H and O–H groups in total. The van der Waals surface area contributed by atoms with Gasteiger partial charge in [0, 0.05) is 37.1 Å². The number of likely N-dealkylation sites (N-methyl/N-ethyl adjacent to an activating group) is 1. The molecule has 2 heterocycles.